The van der Waals surface area contributed by atoms with Gasteiger partial charge in [0, 0.05) is 24.7 Å². The number of nitrogens with zero attached hydrogens (tertiary/aromatic N) is 2. The minimum Gasteiger partial charge on any atom is -0.364 e. The van der Waals surface area contributed by atoms with Crippen LogP contribution in [0.15, 0.2) is 6.07 Å². The smallest absolute Gasteiger partial charge is 0.269 e. The number of aromatic amines is 1. The van der Waals surface area contributed by atoms with Gasteiger partial charge in [-0.1, -0.05) is 6.92 Å². The van der Waals surface area contributed by atoms with Gasteiger partial charge >= 0.3 is 0 Å². The van der Waals surface area contributed by atoms with Crippen molar-refractivity contribution in [2.24, 2.45) is 5.73 Å². The highest BCUT2D eigenvalue weighted by Crippen LogP contribution is 2.28. The molecule has 0 aromatic carbocycles. The van der Waals surface area contributed by atoms with Gasteiger partial charge in [0.25, 0.3) is 5.91 Å². The van der Waals surface area contributed by atoms with Crippen LogP contribution in [0.5, 0.6) is 0 Å². The Kier molecular flexibility index (Phi) is 4.44. The Balaban J connectivity index is 1.98. The topological polar surface area (TPSA) is 109 Å². The standard InChI is InChI=1S/C12H20N4O3S/c1-2-7-20(18,19)16-5-3-9(4-6-16)10-8-11(12(13)17)15-14-10/h8-9H,2-7H2,1H3,(H2,13,17)(H,14,15). The fraction of sp³-hybridized carbons (Fsp3) is 0.667. The molecule has 0 bridgehead atoms. The molecular formula is C12H20N4O3S. The fourth-order valence-corrected chi connectivity index (χ4v) is 4.05. The first kappa shape index (κ1) is 15.0. The number of sulfonamides is 1. The zero-order valence-electron chi connectivity index (χ0n) is 11.5. The van der Waals surface area contributed by atoms with Crippen molar-refractivity contribution in [3.05, 3.63) is 17.5 Å². The summed E-state index contributed by atoms with van der Waals surface area (Å²) in [6, 6.07) is 1.66. The second kappa shape index (κ2) is 5.92. The van der Waals surface area contributed by atoms with Crippen molar-refractivity contribution < 1.29 is 13.2 Å². The van der Waals surface area contributed by atoms with Crippen molar-refractivity contribution >= 4 is 15.9 Å². The minimum absolute atomic E-state index is 0.198. The summed E-state index contributed by atoms with van der Waals surface area (Å²) in [5, 5.41) is 6.67. The molecule has 1 aliphatic heterocycles. The lowest BCUT2D eigenvalue weighted by molar-refractivity contribution is 0.0995. The van der Waals surface area contributed by atoms with Crippen LogP contribution in [-0.4, -0.2) is 47.7 Å². The third kappa shape index (κ3) is 3.18. The van der Waals surface area contributed by atoms with Gasteiger partial charge in [-0.3, -0.25) is 9.89 Å². The van der Waals surface area contributed by atoms with E-state index in [1.165, 1.54) is 0 Å². The molecule has 2 rings (SSSR count). The number of hydrogen-bond acceptors (Lipinski definition) is 4. The maximum Gasteiger partial charge on any atom is 0.269 e. The molecule has 0 spiro atoms. The van der Waals surface area contributed by atoms with Crippen molar-refractivity contribution in [3.63, 3.8) is 0 Å². The Hall–Kier alpha value is -1.41. The second-order valence-electron chi connectivity index (χ2n) is 5.06. The van der Waals surface area contributed by atoms with Gasteiger partial charge in [-0.2, -0.15) is 5.10 Å². The number of carbonyl (C=O) groups is 1. The Morgan fingerprint density at radius 3 is 2.65 bits per heavy atom. The zero-order chi connectivity index (χ0) is 14.8. The summed E-state index contributed by atoms with van der Waals surface area (Å²) < 4.78 is 25.5. The number of carbonyl (C=O) groups excluding carboxylic acids is 1. The van der Waals surface area contributed by atoms with Crippen molar-refractivity contribution in [3.8, 4) is 0 Å². The summed E-state index contributed by atoms with van der Waals surface area (Å²) in [7, 11) is -3.11. The van der Waals surface area contributed by atoms with Gasteiger partial charge in [0.2, 0.25) is 10.0 Å². The highest BCUT2D eigenvalue weighted by molar-refractivity contribution is 7.89. The van der Waals surface area contributed by atoms with Crippen LogP contribution in [0.25, 0.3) is 0 Å². The van der Waals surface area contributed by atoms with E-state index < -0.39 is 15.9 Å². The predicted molar refractivity (Wildman–Crippen MR) is 74.7 cm³/mol. The summed E-state index contributed by atoms with van der Waals surface area (Å²) in [5.41, 5.74) is 6.24. The molecule has 8 heteroatoms. The highest BCUT2D eigenvalue weighted by atomic mass is 32.2. The minimum atomic E-state index is -3.11. The predicted octanol–water partition coefficient (Wildman–Crippen LogP) is 0.428. The third-order valence-corrected chi connectivity index (χ3v) is 5.68. The van der Waals surface area contributed by atoms with Crippen molar-refractivity contribution in [2.45, 2.75) is 32.1 Å². The quantitative estimate of drug-likeness (QED) is 0.821. The van der Waals surface area contributed by atoms with Crippen LogP contribution in [0.4, 0.5) is 0 Å². The molecule has 0 radical (unpaired) electrons. The molecule has 1 fully saturated rings. The molecule has 0 unspecified atom stereocenters. The van der Waals surface area contributed by atoms with Crippen LogP contribution in [0.2, 0.25) is 0 Å². The number of primary amides is 1. The van der Waals surface area contributed by atoms with E-state index >= 15 is 0 Å². The van der Waals surface area contributed by atoms with Crippen molar-refractivity contribution in [2.75, 3.05) is 18.8 Å². The first-order valence-corrected chi connectivity index (χ1v) is 8.38. The average Bonchev–Trinajstić information content (AvgIpc) is 2.88. The number of hydrogen-bond donors (Lipinski definition) is 2. The van der Waals surface area contributed by atoms with E-state index in [4.69, 9.17) is 5.73 Å². The van der Waals surface area contributed by atoms with E-state index in [0.717, 1.165) is 18.5 Å². The summed E-state index contributed by atoms with van der Waals surface area (Å²) in [6.07, 6.45) is 2.08. The molecule has 1 saturated heterocycles. The van der Waals surface area contributed by atoms with E-state index in [0.29, 0.717) is 19.5 Å². The van der Waals surface area contributed by atoms with E-state index in [1.807, 2.05) is 6.92 Å². The Morgan fingerprint density at radius 2 is 2.15 bits per heavy atom. The van der Waals surface area contributed by atoms with Gasteiger partial charge in [-0.05, 0) is 25.3 Å². The second-order valence-corrected chi connectivity index (χ2v) is 7.15. The molecular weight excluding hydrogens is 280 g/mol. The van der Waals surface area contributed by atoms with Gasteiger partial charge in [-0.25, -0.2) is 12.7 Å². The molecule has 1 aromatic heterocycles. The summed E-state index contributed by atoms with van der Waals surface area (Å²) in [4.78, 5) is 11.0. The molecule has 1 aromatic rings. The van der Waals surface area contributed by atoms with Gasteiger partial charge in [0.1, 0.15) is 5.69 Å². The lowest BCUT2D eigenvalue weighted by Gasteiger charge is -2.30. The molecule has 0 atom stereocenters. The molecule has 3 N–H and O–H groups in total. The molecule has 1 aliphatic rings. The van der Waals surface area contributed by atoms with Crippen LogP contribution in [-0.2, 0) is 10.0 Å². The number of H-pyrrole nitrogens is 1. The maximum absolute atomic E-state index is 12.0. The van der Waals surface area contributed by atoms with E-state index in [9.17, 15) is 13.2 Å². The Bertz CT molecular complexity index is 573. The van der Waals surface area contributed by atoms with Crippen molar-refractivity contribution in [1.82, 2.24) is 14.5 Å². The fourth-order valence-electron chi connectivity index (χ4n) is 2.50. The third-order valence-electron chi connectivity index (χ3n) is 3.60. The highest BCUT2D eigenvalue weighted by Gasteiger charge is 2.28. The average molecular weight is 300 g/mol. The maximum atomic E-state index is 12.0. The van der Waals surface area contributed by atoms with Crippen LogP contribution >= 0.6 is 0 Å². The molecule has 1 amide bonds. The number of amides is 1. The van der Waals surface area contributed by atoms with Crippen LogP contribution in [0.3, 0.4) is 0 Å². The van der Waals surface area contributed by atoms with Gasteiger partial charge in [-0.15, -0.1) is 0 Å². The lowest BCUT2D eigenvalue weighted by Crippen LogP contribution is -2.39. The number of aromatic nitrogens is 2. The van der Waals surface area contributed by atoms with Gasteiger partial charge < -0.3 is 5.73 Å². The number of nitrogens with one attached hydrogen (secondary N) is 1. The first-order valence-electron chi connectivity index (χ1n) is 6.77. The largest absolute Gasteiger partial charge is 0.364 e. The van der Waals surface area contributed by atoms with E-state index in [1.54, 1.807) is 10.4 Å². The van der Waals surface area contributed by atoms with Crippen LogP contribution in [0.1, 0.15) is 48.3 Å². The van der Waals surface area contributed by atoms with Crippen LogP contribution in [0, 0.1) is 0 Å². The SMILES string of the molecule is CCCS(=O)(=O)N1CCC(c2cc(C(N)=O)n[nH]2)CC1. The Labute approximate surface area is 118 Å². The zero-order valence-corrected chi connectivity index (χ0v) is 12.3. The molecule has 0 saturated carbocycles. The summed E-state index contributed by atoms with van der Waals surface area (Å²) in [5.74, 6) is -0.160. The van der Waals surface area contributed by atoms with E-state index in [-0.39, 0.29) is 17.4 Å². The molecule has 112 valence electrons. The van der Waals surface area contributed by atoms with Crippen LogP contribution < -0.4 is 5.73 Å². The molecule has 2 heterocycles. The Morgan fingerprint density at radius 1 is 1.50 bits per heavy atom. The monoisotopic (exact) mass is 300 g/mol. The molecule has 0 aliphatic carbocycles. The van der Waals surface area contributed by atoms with E-state index in [2.05, 4.69) is 10.2 Å². The number of nitrogens with two attached hydrogens (primary N) is 1. The summed E-state index contributed by atoms with van der Waals surface area (Å²) in [6.45, 7) is 2.89. The van der Waals surface area contributed by atoms with Gasteiger partial charge in [0.15, 0.2) is 0 Å². The number of rotatable bonds is 5. The normalized spacial score (nSPS) is 18.2. The molecule has 7 nitrogen and oxygen atoms in total. The lowest BCUT2D eigenvalue weighted by atomic mass is 9.94. The summed E-state index contributed by atoms with van der Waals surface area (Å²) >= 11 is 0. The van der Waals surface area contributed by atoms with Crippen molar-refractivity contribution in [1.29, 1.82) is 0 Å². The first-order chi connectivity index (χ1) is 9.44. The number of piperidine rings is 1. The molecule has 20 heavy (non-hydrogen) atoms. The van der Waals surface area contributed by atoms with Gasteiger partial charge in [0.05, 0.1) is 5.75 Å².